The zero-order chi connectivity index (χ0) is 81.6. The number of nitrogens with zero attached hydrogens (tertiary/aromatic N) is 5. The second-order valence-corrected chi connectivity index (χ2v) is 29.9. The molecular formula is C108H68BN5. The molecule has 0 N–H and O–H groups in total. The zero-order valence-corrected chi connectivity index (χ0v) is 61.5. The van der Waals surface area contributed by atoms with Crippen molar-refractivity contribution in [2.45, 2.75) is 0 Å². The van der Waals surface area contributed by atoms with E-state index in [-0.39, 0.29) is 21.8 Å². The molecule has 0 radical (unpaired) electrons. The number of anilines is 6. The topological polar surface area (TPSA) is 20.8 Å². The third-order valence-electron chi connectivity index (χ3n) is 24.0. The molecule has 0 saturated heterocycles. The number of hydrogen-bond acceptors (Lipinski definition) is 2. The van der Waals surface area contributed by atoms with Crippen LogP contribution >= 0.6 is 0 Å². The van der Waals surface area contributed by atoms with Gasteiger partial charge in [-0.2, -0.15) is 0 Å². The molecule has 528 valence electrons. The summed E-state index contributed by atoms with van der Waals surface area (Å²) in [5.41, 5.74) is 23.8. The summed E-state index contributed by atoms with van der Waals surface area (Å²) in [7, 11) is 0. The van der Waals surface area contributed by atoms with Gasteiger partial charge in [0.2, 0.25) is 0 Å². The van der Waals surface area contributed by atoms with Gasteiger partial charge in [0.25, 0.3) is 6.71 Å². The van der Waals surface area contributed by atoms with Crippen LogP contribution in [0.25, 0.3) is 170 Å². The zero-order valence-electron chi connectivity index (χ0n) is 69.5. The van der Waals surface area contributed by atoms with Gasteiger partial charge < -0.3 is 23.3 Å². The molecule has 114 heavy (non-hydrogen) atoms. The molecule has 0 atom stereocenters. The fraction of sp³-hybridized carbons (Fsp3) is 0. The first-order valence-corrected chi connectivity index (χ1v) is 38.9. The fourth-order valence-electron chi connectivity index (χ4n) is 19.2. The van der Waals surface area contributed by atoms with Gasteiger partial charge in [0.05, 0.1) is 66.6 Å². The Balaban J connectivity index is 0.929. The molecule has 0 spiro atoms. The summed E-state index contributed by atoms with van der Waals surface area (Å²) in [4.78, 5) is 4.92. The van der Waals surface area contributed by atoms with Gasteiger partial charge in [0.15, 0.2) is 0 Å². The summed E-state index contributed by atoms with van der Waals surface area (Å²) in [6, 6.07) is 127. The molecule has 4 aromatic heterocycles. The maximum absolute atomic E-state index is 10.3. The molecule has 6 heterocycles. The van der Waals surface area contributed by atoms with E-state index >= 15 is 0 Å². The molecule has 0 amide bonds. The summed E-state index contributed by atoms with van der Waals surface area (Å²) in [5.74, 6) is 0. The number of aromatic nitrogens is 3. The van der Waals surface area contributed by atoms with E-state index in [1.807, 2.05) is 24.3 Å². The molecule has 2 aliphatic rings. The van der Waals surface area contributed by atoms with Gasteiger partial charge in [-0.05, 0) is 138 Å². The van der Waals surface area contributed by atoms with Crippen molar-refractivity contribution in [3.8, 4) is 67.0 Å². The fourth-order valence-corrected chi connectivity index (χ4v) is 19.2. The minimum absolute atomic E-state index is 0.00228. The van der Waals surface area contributed by atoms with Crippen LogP contribution in [0.5, 0.6) is 0 Å². The maximum atomic E-state index is 10.3. The molecule has 6 heteroatoms. The molecular weight excluding hydrogens is 1380 g/mol. The van der Waals surface area contributed by atoms with Crippen molar-refractivity contribution in [2.24, 2.45) is 0 Å². The summed E-state index contributed by atoms with van der Waals surface area (Å²) >= 11 is 0. The number of hydrogen-bond donors (Lipinski definition) is 0. The molecule has 0 aliphatic carbocycles. The van der Waals surface area contributed by atoms with Crippen LogP contribution in [0.4, 0.5) is 34.1 Å². The highest BCUT2D eigenvalue weighted by Gasteiger charge is 2.46. The van der Waals surface area contributed by atoms with Gasteiger partial charge in [-0.3, -0.25) is 0 Å². The van der Waals surface area contributed by atoms with Crippen LogP contribution in [-0.2, 0) is 0 Å². The maximum Gasteiger partial charge on any atom is 0.252 e. The van der Waals surface area contributed by atoms with E-state index in [1.165, 1.54) is 10.8 Å². The van der Waals surface area contributed by atoms with E-state index in [2.05, 4.69) is 358 Å². The summed E-state index contributed by atoms with van der Waals surface area (Å²) in [6.07, 6.45) is 0. The lowest BCUT2D eigenvalue weighted by molar-refractivity contribution is 1.16. The van der Waals surface area contributed by atoms with Crippen molar-refractivity contribution >= 4 is 160 Å². The minimum Gasteiger partial charge on any atom is -0.310 e. The number of rotatable bonds is 9. The highest BCUT2D eigenvalue weighted by molar-refractivity contribution is 7.00. The highest BCUT2D eigenvalue weighted by Crippen LogP contribution is 2.55. The Morgan fingerprint density at radius 3 is 1.10 bits per heavy atom. The van der Waals surface area contributed by atoms with E-state index in [9.17, 15) is 11.0 Å². The second kappa shape index (κ2) is 25.3. The van der Waals surface area contributed by atoms with Crippen molar-refractivity contribution in [1.82, 2.24) is 13.5 Å². The Bertz CT molecular complexity index is 8070. The molecule has 0 unspecified atom stereocenters. The minimum atomic E-state index is -0.620. The quantitative estimate of drug-likeness (QED) is 0.134. The first-order chi connectivity index (χ1) is 59.9. The standard InChI is InChI=1S/C108H68BN5/c1-5-30-70(31-6-1)77-47-27-48-78(71-32-7-2-8-33-71)106(77)113-101-64-74(69-58-61-75(62-59-69)110-95-53-22-17-42-85(95)86-43-18-23-54-96(86)110)60-63-93(101)109-94-67-92-84-41-16-14-39-82(84)81-38-13-15-40-83(81)90-51-29-52-91-89-46-21-26-57-99(89)112(108(90)91)100(92)68-102(94)114(107-79(72-34-9-3-10-35-72)49-28-50-80(107)73-36-11-4-12-37-73)104-66-76(65-103(113)105(104)109)111-97-55-24-19-44-87(97)88-45-20-25-56-98(88)111/h1-68H/i19D,20D,24D,25D,44D,45D,55D,56D. The molecule has 22 aromatic rings. The van der Waals surface area contributed by atoms with Gasteiger partial charge in [0, 0.05) is 93.8 Å². The monoisotopic (exact) mass is 1450 g/mol. The predicted molar refractivity (Wildman–Crippen MR) is 484 cm³/mol. The van der Waals surface area contributed by atoms with Crippen molar-refractivity contribution < 1.29 is 11.0 Å². The van der Waals surface area contributed by atoms with Crippen molar-refractivity contribution in [3.05, 3.63) is 412 Å². The van der Waals surface area contributed by atoms with Crippen molar-refractivity contribution in [2.75, 3.05) is 9.80 Å². The molecule has 18 aromatic carbocycles. The van der Waals surface area contributed by atoms with Gasteiger partial charge in [0.1, 0.15) is 0 Å². The third kappa shape index (κ3) is 9.49. The second-order valence-electron chi connectivity index (χ2n) is 29.9. The smallest absolute Gasteiger partial charge is 0.252 e. The van der Waals surface area contributed by atoms with Crippen LogP contribution < -0.4 is 26.2 Å². The number of fused-ring (bicyclic) bond motifs is 20. The Hall–Kier alpha value is -15.0. The molecule has 24 rings (SSSR count). The average Bonchev–Trinajstić information content (AvgIpc) is 0.970. The van der Waals surface area contributed by atoms with E-state index in [4.69, 9.17) is 0 Å². The molecule has 5 nitrogen and oxygen atoms in total. The average molecular weight is 1450 g/mol. The van der Waals surface area contributed by atoms with Gasteiger partial charge in [-0.1, -0.05) is 346 Å². The van der Waals surface area contributed by atoms with Gasteiger partial charge in [-0.25, -0.2) is 0 Å². The van der Waals surface area contributed by atoms with Gasteiger partial charge >= 0.3 is 0 Å². The molecule has 0 bridgehead atoms. The summed E-state index contributed by atoms with van der Waals surface area (Å²) in [5, 5.41) is 10.9. The first kappa shape index (κ1) is 56.3. The van der Waals surface area contributed by atoms with Crippen LogP contribution in [-0.4, -0.2) is 20.2 Å². The van der Waals surface area contributed by atoms with E-state index in [0.29, 0.717) is 17.1 Å². The Labute approximate surface area is 670 Å². The lowest BCUT2D eigenvalue weighted by Gasteiger charge is -2.46. The van der Waals surface area contributed by atoms with E-state index in [0.717, 1.165) is 171 Å². The lowest BCUT2D eigenvalue weighted by Crippen LogP contribution is -2.61. The third-order valence-corrected chi connectivity index (χ3v) is 24.0. The van der Waals surface area contributed by atoms with E-state index < -0.39 is 55.1 Å². The molecule has 0 fully saturated rings. The highest BCUT2D eigenvalue weighted by atomic mass is 15.2. The number of benzene rings is 18. The van der Waals surface area contributed by atoms with Gasteiger partial charge in [-0.15, -0.1) is 0 Å². The van der Waals surface area contributed by atoms with Crippen LogP contribution in [0.3, 0.4) is 0 Å². The summed E-state index contributed by atoms with van der Waals surface area (Å²) in [6.45, 7) is -0.620. The first-order valence-electron chi connectivity index (χ1n) is 42.9. The van der Waals surface area contributed by atoms with Crippen LogP contribution in [0.1, 0.15) is 11.0 Å². The Morgan fingerprint density at radius 1 is 0.219 bits per heavy atom. The van der Waals surface area contributed by atoms with Crippen molar-refractivity contribution in [1.29, 1.82) is 0 Å². The summed E-state index contributed by atoms with van der Waals surface area (Å²) < 4.78 is 85.3. The van der Waals surface area contributed by atoms with Crippen LogP contribution in [0.2, 0.25) is 0 Å². The van der Waals surface area contributed by atoms with Crippen molar-refractivity contribution in [3.63, 3.8) is 0 Å². The van der Waals surface area contributed by atoms with Crippen LogP contribution in [0.15, 0.2) is 412 Å². The Kier molecular flexibility index (Phi) is 12.5. The lowest BCUT2D eigenvalue weighted by atomic mass is 9.33. The normalized spacial score (nSPS) is 13.5. The SMILES string of the molecule is [2H]c1c([2H])c([2H])c2c(c1[2H])c1c([2H])c([2H])c([2H])c([2H])c1n2-c1cc2c3c(c1)N(c1c(-c4ccccc4)cccc1-c1ccccc1)c1cc4c(cc1B3c1ccc(-c3ccc(-n5c6ccccc6c6ccccc65)cc3)cc1N2c1c(-c2ccccc2)cccc1-c1ccccc1)c1ccccc1c1ccccc1c1cccc2c3ccccc3n4c12. The largest absolute Gasteiger partial charge is 0.310 e. The predicted octanol–water partition coefficient (Wildman–Crippen LogP) is 26.9. The Morgan fingerprint density at radius 2 is 0.596 bits per heavy atom. The van der Waals surface area contributed by atoms with Crippen LogP contribution in [0, 0.1) is 0 Å². The molecule has 0 saturated carbocycles. The van der Waals surface area contributed by atoms with E-state index in [1.54, 1.807) is 4.57 Å². The molecule has 2 aliphatic heterocycles. The number of para-hydroxylation sites is 8.